The van der Waals surface area contributed by atoms with Crippen molar-refractivity contribution in [2.45, 2.75) is 51.1 Å². The molecular formula is C17H22N2. The molecule has 0 radical (unpaired) electrons. The van der Waals surface area contributed by atoms with Crippen molar-refractivity contribution < 1.29 is 0 Å². The minimum absolute atomic E-state index is 0.787. The lowest BCUT2D eigenvalue weighted by atomic mass is 9.78. The van der Waals surface area contributed by atoms with Crippen LogP contribution in [0.15, 0.2) is 24.3 Å². The van der Waals surface area contributed by atoms with Crippen LogP contribution in [0.3, 0.4) is 0 Å². The van der Waals surface area contributed by atoms with Crippen LogP contribution in [0.1, 0.15) is 49.7 Å². The van der Waals surface area contributed by atoms with E-state index < -0.39 is 0 Å². The summed E-state index contributed by atoms with van der Waals surface area (Å²) < 4.78 is 0. The van der Waals surface area contributed by atoms with E-state index in [1.165, 1.54) is 50.6 Å². The number of rotatable bonds is 2. The van der Waals surface area contributed by atoms with Crippen LogP contribution in [0.5, 0.6) is 0 Å². The molecule has 2 heteroatoms. The first-order chi connectivity index (χ1) is 9.36. The average molecular weight is 254 g/mol. The van der Waals surface area contributed by atoms with Gasteiger partial charge >= 0.3 is 0 Å². The van der Waals surface area contributed by atoms with Gasteiger partial charge in [0.25, 0.3) is 0 Å². The first kappa shape index (κ1) is 12.7. The topological polar surface area (TPSA) is 27.0 Å². The fourth-order valence-electron chi connectivity index (χ4n) is 3.90. The van der Waals surface area contributed by atoms with Gasteiger partial charge in [0.15, 0.2) is 0 Å². The highest BCUT2D eigenvalue weighted by atomic mass is 15.2. The van der Waals surface area contributed by atoms with E-state index in [0.29, 0.717) is 0 Å². The van der Waals surface area contributed by atoms with Crippen molar-refractivity contribution in [1.82, 2.24) is 4.90 Å². The Morgan fingerprint density at radius 1 is 1.16 bits per heavy atom. The highest BCUT2D eigenvalue weighted by Crippen LogP contribution is 2.35. The fraction of sp³-hybridized carbons (Fsp3) is 0.588. The molecule has 0 spiro atoms. The molecule has 0 unspecified atom stereocenters. The predicted molar refractivity (Wildman–Crippen MR) is 76.5 cm³/mol. The molecule has 2 nitrogen and oxygen atoms in total. The quantitative estimate of drug-likeness (QED) is 0.804. The Labute approximate surface area is 116 Å². The molecule has 1 aliphatic heterocycles. The van der Waals surface area contributed by atoms with E-state index in [4.69, 9.17) is 5.26 Å². The van der Waals surface area contributed by atoms with Gasteiger partial charge in [-0.2, -0.15) is 5.26 Å². The summed E-state index contributed by atoms with van der Waals surface area (Å²) in [4.78, 5) is 2.67. The summed E-state index contributed by atoms with van der Waals surface area (Å²) in [5, 5.41) is 8.99. The van der Waals surface area contributed by atoms with Gasteiger partial charge in [0.1, 0.15) is 0 Å². The first-order valence-corrected chi connectivity index (χ1v) is 7.60. The van der Waals surface area contributed by atoms with E-state index in [-0.39, 0.29) is 0 Å². The molecule has 0 N–H and O–H groups in total. The number of nitriles is 1. The second-order valence-electron chi connectivity index (χ2n) is 6.04. The van der Waals surface area contributed by atoms with E-state index in [9.17, 15) is 0 Å². The molecule has 2 fully saturated rings. The van der Waals surface area contributed by atoms with Gasteiger partial charge in [-0.1, -0.05) is 25.0 Å². The molecule has 0 aromatic heterocycles. The van der Waals surface area contributed by atoms with Crippen molar-refractivity contribution in [3.05, 3.63) is 35.4 Å². The molecule has 1 saturated heterocycles. The van der Waals surface area contributed by atoms with Crippen LogP contribution in [-0.4, -0.2) is 17.5 Å². The van der Waals surface area contributed by atoms with Crippen molar-refractivity contribution in [1.29, 1.82) is 5.26 Å². The van der Waals surface area contributed by atoms with Crippen molar-refractivity contribution in [2.24, 2.45) is 5.92 Å². The average Bonchev–Trinajstić information content (AvgIpc) is 2.48. The van der Waals surface area contributed by atoms with Crippen molar-refractivity contribution >= 4 is 0 Å². The molecule has 1 aromatic rings. The summed E-state index contributed by atoms with van der Waals surface area (Å²) in [5.41, 5.74) is 2.08. The number of hydrogen-bond donors (Lipinski definition) is 0. The highest BCUT2D eigenvalue weighted by Gasteiger charge is 2.32. The van der Waals surface area contributed by atoms with E-state index in [1.807, 2.05) is 18.2 Å². The van der Waals surface area contributed by atoms with Gasteiger partial charge in [0.05, 0.1) is 11.6 Å². The third kappa shape index (κ3) is 2.82. The van der Waals surface area contributed by atoms with Crippen molar-refractivity contribution in [2.75, 3.05) is 6.54 Å². The molecule has 0 amide bonds. The van der Waals surface area contributed by atoms with Gasteiger partial charge in [0, 0.05) is 12.6 Å². The minimum Gasteiger partial charge on any atom is -0.296 e. The lowest BCUT2D eigenvalue weighted by Gasteiger charge is -2.44. The van der Waals surface area contributed by atoms with E-state index in [2.05, 4.69) is 17.0 Å². The summed E-state index contributed by atoms with van der Waals surface area (Å²) >= 11 is 0. The van der Waals surface area contributed by atoms with Crippen LogP contribution in [0.2, 0.25) is 0 Å². The first-order valence-electron chi connectivity index (χ1n) is 7.60. The van der Waals surface area contributed by atoms with E-state index >= 15 is 0 Å². The molecule has 2 aliphatic rings. The van der Waals surface area contributed by atoms with Gasteiger partial charge in [-0.25, -0.2) is 0 Å². The normalized spacial score (nSPS) is 27.5. The van der Waals surface area contributed by atoms with Gasteiger partial charge in [-0.15, -0.1) is 0 Å². The zero-order valence-corrected chi connectivity index (χ0v) is 11.5. The SMILES string of the molecule is N#Cc1cccc(CN2CCC[C@H]3CCCC[C@H]32)c1. The van der Waals surface area contributed by atoms with Crippen molar-refractivity contribution in [3.8, 4) is 6.07 Å². The Hall–Kier alpha value is -1.33. The largest absolute Gasteiger partial charge is 0.296 e. The summed E-state index contributed by atoms with van der Waals surface area (Å²) in [7, 11) is 0. The summed E-state index contributed by atoms with van der Waals surface area (Å²) in [6.07, 6.45) is 8.41. The van der Waals surface area contributed by atoms with Gasteiger partial charge < -0.3 is 0 Å². The Morgan fingerprint density at radius 3 is 2.89 bits per heavy atom. The molecule has 1 aliphatic carbocycles. The number of piperidine rings is 1. The number of nitrogens with zero attached hydrogens (tertiary/aromatic N) is 2. The molecule has 100 valence electrons. The van der Waals surface area contributed by atoms with Crippen LogP contribution in [0, 0.1) is 17.2 Å². The van der Waals surface area contributed by atoms with Crippen LogP contribution in [-0.2, 0) is 6.54 Å². The van der Waals surface area contributed by atoms with Crippen LogP contribution in [0.4, 0.5) is 0 Å². The van der Waals surface area contributed by atoms with E-state index in [0.717, 1.165) is 24.1 Å². The number of hydrogen-bond acceptors (Lipinski definition) is 2. The fourth-order valence-corrected chi connectivity index (χ4v) is 3.90. The number of likely N-dealkylation sites (tertiary alicyclic amines) is 1. The smallest absolute Gasteiger partial charge is 0.0991 e. The van der Waals surface area contributed by atoms with Crippen LogP contribution in [0.25, 0.3) is 0 Å². The van der Waals surface area contributed by atoms with Gasteiger partial charge in [0.2, 0.25) is 0 Å². The van der Waals surface area contributed by atoms with Gasteiger partial charge in [-0.3, -0.25) is 4.90 Å². The predicted octanol–water partition coefficient (Wildman–Crippen LogP) is 3.71. The zero-order valence-electron chi connectivity index (χ0n) is 11.5. The maximum absolute atomic E-state index is 8.99. The summed E-state index contributed by atoms with van der Waals surface area (Å²) in [6.45, 7) is 2.26. The zero-order chi connectivity index (χ0) is 13.1. The molecule has 19 heavy (non-hydrogen) atoms. The minimum atomic E-state index is 0.787. The van der Waals surface area contributed by atoms with Crippen molar-refractivity contribution in [3.63, 3.8) is 0 Å². The van der Waals surface area contributed by atoms with E-state index in [1.54, 1.807) is 0 Å². The maximum Gasteiger partial charge on any atom is 0.0991 e. The second-order valence-corrected chi connectivity index (χ2v) is 6.04. The maximum atomic E-state index is 8.99. The summed E-state index contributed by atoms with van der Waals surface area (Å²) in [5.74, 6) is 0.932. The molecule has 1 aromatic carbocycles. The molecule has 0 bridgehead atoms. The molecule has 1 saturated carbocycles. The molecule has 3 rings (SSSR count). The van der Waals surface area contributed by atoms with Crippen LogP contribution >= 0.6 is 0 Å². The number of fused-ring (bicyclic) bond motifs is 1. The monoisotopic (exact) mass is 254 g/mol. The number of benzene rings is 1. The Balaban J connectivity index is 1.72. The van der Waals surface area contributed by atoms with Crippen LogP contribution < -0.4 is 0 Å². The standard InChI is InChI=1S/C17H22N2/c18-12-14-5-3-6-15(11-14)13-19-10-4-8-16-7-1-2-9-17(16)19/h3,5-6,11,16-17H,1-2,4,7-10,13H2/t16-,17-/m1/s1. The highest BCUT2D eigenvalue weighted by molar-refractivity contribution is 5.32. The Kier molecular flexibility index (Phi) is 3.84. The molecular weight excluding hydrogens is 232 g/mol. The lowest BCUT2D eigenvalue weighted by molar-refractivity contribution is 0.0547. The third-order valence-corrected chi connectivity index (χ3v) is 4.80. The Morgan fingerprint density at radius 2 is 2.00 bits per heavy atom. The Bertz CT molecular complexity index is 472. The molecule has 1 heterocycles. The third-order valence-electron chi connectivity index (χ3n) is 4.80. The van der Waals surface area contributed by atoms with Gasteiger partial charge in [-0.05, 0) is 55.8 Å². The lowest BCUT2D eigenvalue weighted by Crippen LogP contribution is -2.46. The molecule has 2 atom stereocenters. The summed E-state index contributed by atoms with van der Waals surface area (Å²) in [6, 6.07) is 11.2. The second kappa shape index (κ2) is 5.75.